The largest absolute Gasteiger partial charge is 0.478 e. The van der Waals surface area contributed by atoms with Crippen LogP contribution in [0.2, 0.25) is 0 Å². The van der Waals surface area contributed by atoms with E-state index in [4.69, 9.17) is 4.74 Å². The second-order valence-corrected chi connectivity index (χ2v) is 11.3. The van der Waals surface area contributed by atoms with Gasteiger partial charge in [0.25, 0.3) is 11.8 Å². The first-order chi connectivity index (χ1) is 21.8. The third-order valence-electron chi connectivity index (χ3n) is 7.80. The van der Waals surface area contributed by atoms with Crippen molar-refractivity contribution in [2.75, 3.05) is 32.6 Å². The van der Waals surface area contributed by atoms with Gasteiger partial charge in [-0.1, -0.05) is 24.3 Å². The number of nitrogens with one attached hydrogen (secondary N) is 2. The molecule has 2 amide bonds. The SMILES string of the molecule is CN(C)CCCOc1ccc(-c2ccn3c(C(=O)Nc4cc(C(=O)N[C@@H]5Cc6ccccc6[C@@H]5O)ccc4F)cnc3c2)cn1. The Morgan fingerprint density at radius 1 is 1.02 bits per heavy atom. The molecule has 0 saturated carbocycles. The first kappa shape index (κ1) is 29.9. The number of hydrogen-bond donors (Lipinski definition) is 3. The molecule has 0 saturated heterocycles. The minimum atomic E-state index is -0.840. The van der Waals surface area contributed by atoms with Crippen molar-refractivity contribution in [3.05, 3.63) is 114 Å². The van der Waals surface area contributed by atoms with Gasteiger partial charge in [0.2, 0.25) is 5.88 Å². The summed E-state index contributed by atoms with van der Waals surface area (Å²) in [5.74, 6) is -1.22. The highest BCUT2D eigenvalue weighted by atomic mass is 19.1. The number of anilines is 1. The lowest BCUT2D eigenvalue weighted by atomic mass is 10.1. The maximum atomic E-state index is 14.8. The molecule has 45 heavy (non-hydrogen) atoms. The summed E-state index contributed by atoms with van der Waals surface area (Å²) in [4.78, 5) is 37.1. The Morgan fingerprint density at radius 2 is 1.87 bits per heavy atom. The van der Waals surface area contributed by atoms with Gasteiger partial charge in [0.05, 0.1) is 30.6 Å². The molecule has 0 spiro atoms. The summed E-state index contributed by atoms with van der Waals surface area (Å²) in [6, 6.07) is 18.1. The summed E-state index contributed by atoms with van der Waals surface area (Å²) >= 11 is 0. The van der Waals surface area contributed by atoms with Crippen LogP contribution in [-0.4, -0.2) is 69.5 Å². The van der Waals surface area contributed by atoms with Crippen molar-refractivity contribution in [1.82, 2.24) is 24.6 Å². The van der Waals surface area contributed by atoms with Crippen LogP contribution in [0.25, 0.3) is 16.8 Å². The Hall–Kier alpha value is -5.13. The number of fused-ring (bicyclic) bond motifs is 2. The second-order valence-electron chi connectivity index (χ2n) is 11.3. The van der Waals surface area contributed by atoms with Crippen LogP contribution in [0.5, 0.6) is 5.88 Å². The van der Waals surface area contributed by atoms with Crippen LogP contribution in [0, 0.1) is 5.82 Å². The summed E-state index contributed by atoms with van der Waals surface area (Å²) in [6.07, 6.45) is 5.39. The topological polar surface area (TPSA) is 121 Å². The van der Waals surface area contributed by atoms with Crippen molar-refractivity contribution in [2.24, 2.45) is 0 Å². The van der Waals surface area contributed by atoms with Crippen molar-refractivity contribution < 1.29 is 23.8 Å². The summed E-state index contributed by atoms with van der Waals surface area (Å²) in [5.41, 5.74) is 4.17. The minimum absolute atomic E-state index is 0.149. The predicted octanol–water partition coefficient (Wildman–Crippen LogP) is 4.51. The minimum Gasteiger partial charge on any atom is -0.478 e. The number of nitrogens with zero attached hydrogens (tertiary/aromatic N) is 4. The van der Waals surface area contributed by atoms with E-state index >= 15 is 0 Å². The summed E-state index contributed by atoms with van der Waals surface area (Å²) in [7, 11) is 4.04. The number of amides is 2. The van der Waals surface area contributed by atoms with Gasteiger partial charge in [0.1, 0.15) is 17.2 Å². The Balaban J connectivity index is 1.12. The highest BCUT2D eigenvalue weighted by Crippen LogP contribution is 2.31. The molecule has 2 aromatic carbocycles. The molecule has 3 heterocycles. The van der Waals surface area contributed by atoms with Gasteiger partial charge in [-0.2, -0.15) is 0 Å². The summed E-state index contributed by atoms with van der Waals surface area (Å²) in [5, 5.41) is 16.0. The van der Waals surface area contributed by atoms with Crippen LogP contribution >= 0.6 is 0 Å². The molecule has 6 rings (SSSR count). The standard InChI is InChI=1S/C34H33FN6O4/c1-40(2)13-5-15-45-31-11-9-24(19-37-31)21-12-14-41-29(20-36-30(41)18-21)34(44)38-27-17-23(8-10-26(27)35)33(43)39-28-16-22-6-3-4-7-25(22)32(28)42/h3-4,6-12,14,17-20,28,32,42H,5,13,15-16H2,1-2H3,(H,38,44)(H,39,43)/t28-,32+/m1/s1. The first-order valence-electron chi connectivity index (χ1n) is 14.7. The number of aliphatic hydroxyl groups is 1. The van der Waals surface area contributed by atoms with E-state index in [1.165, 1.54) is 18.3 Å². The van der Waals surface area contributed by atoms with Crippen LogP contribution in [0.1, 0.15) is 44.5 Å². The zero-order valence-corrected chi connectivity index (χ0v) is 24.9. The fourth-order valence-corrected chi connectivity index (χ4v) is 5.43. The van der Waals surface area contributed by atoms with Crippen molar-refractivity contribution >= 4 is 23.1 Å². The van der Waals surface area contributed by atoms with E-state index < -0.39 is 29.8 Å². The van der Waals surface area contributed by atoms with Crippen LogP contribution in [-0.2, 0) is 6.42 Å². The average Bonchev–Trinajstić information content (AvgIpc) is 3.61. The molecule has 5 aromatic rings. The number of hydrogen-bond acceptors (Lipinski definition) is 7. The molecule has 0 fully saturated rings. The fraction of sp³-hybridized carbons (Fsp3) is 0.235. The van der Waals surface area contributed by atoms with E-state index in [9.17, 15) is 19.1 Å². The molecule has 1 aliphatic rings. The molecular weight excluding hydrogens is 575 g/mol. The smallest absolute Gasteiger partial charge is 0.274 e. The van der Waals surface area contributed by atoms with Gasteiger partial charge in [0, 0.05) is 36.1 Å². The van der Waals surface area contributed by atoms with Gasteiger partial charge in [-0.3, -0.25) is 14.0 Å². The molecular formula is C34H33FN6O4. The van der Waals surface area contributed by atoms with E-state index in [0.717, 1.165) is 41.3 Å². The Morgan fingerprint density at radius 3 is 2.64 bits per heavy atom. The van der Waals surface area contributed by atoms with E-state index in [-0.39, 0.29) is 16.9 Å². The lowest BCUT2D eigenvalue weighted by molar-refractivity contribution is 0.0858. The number of benzene rings is 2. The van der Waals surface area contributed by atoms with Crippen molar-refractivity contribution in [2.45, 2.75) is 25.0 Å². The third kappa shape index (κ3) is 6.54. The highest BCUT2D eigenvalue weighted by Gasteiger charge is 2.32. The number of aromatic nitrogens is 3. The number of carbonyl (C=O) groups is 2. The molecule has 0 radical (unpaired) electrons. The van der Waals surface area contributed by atoms with Crippen LogP contribution in [0.3, 0.4) is 0 Å². The van der Waals surface area contributed by atoms with Crippen LogP contribution in [0.15, 0.2) is 85.3 Å². The monoisotopic (exact) mass is 608 g/mol. The van der Waals surface area contributed by atoms with Crippen molar-refractivity contribution in [3.63, 3.8) is 0 Å². The maximum absolute atomic E-state index is 14.8. The predicted molar refractivity (Wildman–Crippen MR) is 168 cm³/mol. The number of pyridine rings is 2. The van der Waals surface area contributed by atoms with E-state index in [1.54, 1.807) is 16.8 Å². The van der Waals surface area contributed by atoms with E-state index in [1.807, 2.05) is 62.6 Å². The fourth-order valence-electron chi connectivity index (χ4n) is 5.43. The lowest BCUT2D eigenvalue weighted by Gasteiger charge is -2.17. The van der Waals surface area contributed by atoms with Crippen molar-refractivity contribution in [3.8, 4) is 17.0 Å². The Bertz CT molecular complexity index is 1860. The average molecular weight is 609 g/mol. The van der Waals surface area contributed by atoms with Gasteiger partial charge in [-0.15, -0.1) is 0 Å². The normalized spacial score (nSPS) is 15.7. The molecule has 1 aliphatic carbocycles. The maximum Gasteiger partial charge on any atom is 0.274 e. The molecule has 0 bridgehead atoms. The Kier molecular flexibility index (Phi) is 8.54. The van der Waals surface area contributed by atoms with E-state index in [0.29, 0.717) is 24.6 Å². The van der Waals surface area contributed by atoms with Crippen LogP contribution < -0.4 is 15.4 Å². The number of ether oxygens (including phenoxy) is 1. The van der Waals surface area contributed by atoms with Crippen LogP contribution in [0.4, 0.5) is 10.1 Å². The summed E-state index contributed by atoms with van der Waals surface area (Å²) < 4.78 is 22.1. The lowest BCUT2D eigenvalue weighted by Crippen LogP contribution is -2.37. The first-order valence-corrected chi connectivity index (χ1v) is 14.7. The highest BCUT2D eigenvalue weighted by molar-refractivity contribution is 6.04. The number of aliphatic hydroxyl groups excluding tert-OH is 1. The van der Waals surface area contributed by atoms with E-state index in [2.05, 4.69) is 25.5 Å². The molecule has 2 atom stereocenters. The molecule has 10 nitrogen and oxygen atoms in total. The van der Waals surface area contributed by atoms with Gasteiger partial charge in [-0.25, -0.2) is 14.4 Å². The number of rotatable bonds is 10. The van der Waals surface area contributed by atoms with Gasteiger partial charge < -0.3 is 25.4 Å². The van der Waals surface area contributed by atoms with Crippen molar-refractivity contribution in [1.29, 1.82) is 0 Å². The zero-order valence-electron chi connectivity index (χ0n) is 24.9. The second kappa shape index (κ2) is 12.8. The molecule has 0 aliphatic heterocycles. The quantitative estimate of drug-likeness (QED) is 0.200. The van der Waals surface area contributed by atoms with Gasteiger partial charge >= 0.3 is 0 Å². The van der Waals surface area contributed by atoms with Gasteiger partial charge in [0.15, 0.2) is 0 Å². The third-order valence-corrected chi connectivity index (χ3v) is 7.80. The summed E-state index contributed by atoms with van der Waals surface area (Å²) in [6.45, 7) is 1.51. The Labute approximate surface area is 259 Å². The molecule has 230 valence electrons. The number of carbonyl (C=O) groups excluding carboxylic acids is 2. The molecule has 3 aromatic heterocycles. The molecule has 11 heteroatoms. The number of imidazole rings is 1. The molecule has 3 N–H and O–H groups in total. The number of halogens is 1. The zero-order chi connectivity index (χ0) is 31.5. The molecule has 0 unspecified atom stereocenters. The van der Waals surface area contributed by atoms with Gasteiger partial charge in [-0.05, 0) is 80.0 Å².